The summed E-state index contributed by atoms with van der Waals surface area (Å²) in [6.45, 7) is 1.88. The van der Waals surface area contributed by atoms with Crippen LogP contribution in [-0.4, -0.2) is 41.1 Å². The fourth-order valence-corrected chi connectivity index (χ4v) is 3.17. The lowest BCUT2D eigenvalue weighted by atomic mass is 10.0. The largest absolute Gasteiger partial charge is 0.370 e. The highest BCUT2D eigenvalue weighted by Gasteiger charge is 2.25. The lowest BCUT2D eigenvalue weighted by molar-refractivity contribution is 0.154. The van der Waals surface area contributed by atoms with Crippen molar-refractivity contribution in [2.45, 2.75) is 32.0 Å². The van der Waals surface area contributed by atoms with Crippen molar-refractivity contribution in [3.05, 3.63) is 84.0 Å². The molecule has 0 aliphatic carbocycles. The minimum Gasteiger partial charge on any atom is -0.370 e. The third-order valence-corrected chi connectivity index (χ3v) is 4.77. The average molecular weight is 366 g/mol. The van der Waals surface area contributed by atoms with Gasteiger partial charge in [-0.05, 0) is 67.0 Å². The Hall–Kier alpha value is -2.60. The van der Waals surface area contributed by atoms with Gasteiger partial charge in [-0.3, -0.25) is 0 Å². The lowest BCUT2D eigenvalue weighted by Gasteiger charge is -2.26. The van der Waals surface area contributed by atoms with E-state index >= 15 is 0 Å². The molecule has 0 spiro atoms. The van der Waals surface area contributed by atoms with Crippen LogP contribution in [-0.2, 0) is 6.42 Å². The fraction of sp³-hybridized carbons (Fsp3) is 0.273. The first-order chi connectivity index (χ1) is 13.0. The van der Waals surface area contributed by atoms with Crippen molar-refractivity contribution in [3.63, 3.8) is 0 Å². The zero-order valence-corrected chi connectivity index (χ0v) is 15.6. The number of aliphatic hydroxyl groups is 3. The third-order valence-electron chi connectivity index (χ3n) is 4.77. The monoisotopic (exact) mass is 366 g/mol. The molecule has 3 rings (SSSR count). The summed E-state index contributed by atoms with van der Waals surface area (Å²) in [5.74, 6) is 0. The molecule has 0 saturated heterocycles. The molecule has 1 aliphatic rings. The van der Waals surface area contributed by atoms with Crippen LogP contribution in [0.1, 0.15) is 18.1 Å². The minimum atomic E-state index is -0.798. The topological polar surface area (TPSA) is 67.2 Å². The summed E-state index contributed by atoms with van der Waals surface area (Å²) >= 11 is 0. The Labute approximate surface area is 160 Å². The summed E-state index contributed by atoms with van der Waals surface area (Å²) in [4.78, 5) is 3.35. The molecule has 27 heavy (non-hydrogen) atoms. The molecule has 142 valence electrons. The molecular weight excluding hydrogens is 340 g/mol. The van der Waals surface area contributed by atoms with Crippen LogP contribution in [0.5, 0.6) is 0 Å². The van der Waals surface area contributed by atoms with Crippen LogP contribution in [0.3, 0.4) is 0 Å². The number of allylic oxidation sites excluding steroid dienone is 1. The second-order valence-electron chi connectivity index (χ2n) is 6.68. The average Bonchev–Trinajstić information content (AvgIpc) is 3.01. The van der Waals surface area contributed by atoms with E-state index in [4.69, 9.17) is 0 Å². The summed E-state index contributed by atoms with van der Waals surface area (Å²) < 4.78 is 0. The summed E-state index contributed by atoms with van der Waals surface area (Å²) in [5, 5.41) is 29.9. The van der Waals surface area contributed by atoms with Gasteiger partial charge in [-0.1, -0.05) is 30.3 Å². The van der Waals surface area contributed by atoms with Gasteiger partial charge in [0.25, 0.3) is 0 Å². The van der Waals surface area contributed by atoms with Crippen LogP contribution in [0.2, 0.25) is 0 Å². The molecule has 5 nitrogen and oxygen atoms in total. The molecule has 0 amide bonds. The number of hydrogen-bond acceptors (Lipinski definition) is 5. The highest BCUT2D eigenvalue weighted by atomic mass is 16.3. The summed E-state index contributed by atoms with van der Waals surface area (Å²) in [7, 11) is 1.86. The van der Waals surface area contributed by atoms with Gasteiger partial charge in [-0.25, -0.2) is 0 Å². The summed E-state index contributed by atoms with van der Waals surface area (Å²) in [6, 6.07) is 15.9. The highest BCUT2D eigenvalue weighted by molar-refractivity contribution is 5.53. The van der Waals surface area contributed by atoms with E-state index in [0.717, 1.165) is 23.4 Å². The molecule has 0 aromatic heterocycles. The standard InChI is InChI=1S/C22H26N2O3/c1-3-4-20(25)23(2)18-9-5-16(6-10-18)15-17-7-11-19(12-8-17)24-21(26)13-14-22(24)27/h3-14,20-22,25-27H,15H2,1-2H3/b4-3-. The van der Waals surface area contributed by atoms with Gasteiger partial charge in [0.15, 0.2) is 0 Å². The van der Waals surface area contributed by atoms with Crippen LogP contribution in [0.25, 0.3) is 0 Å². The molecular formula is C22H26N2O3. The van der Waals surface area contributed by atoms with E-state index in [0.29, 0.717) is 0 Å². The molecule has 0 saturated carbocycles. The Morgan fingerprint density at radius 1 is 0.963 bits per heavy atom. The molecule has 3 atom stereocenters. The molecule has 3 unspecified atom stereocenters. The molecule has 2 aromatic rings. The quantitative estimate of drug-likeness (QED) is 0.542. The SMILES string of the molecule is C/C=C\C(O)N(C)c1ccc(Cc2ccc(N3C(O)C=CC3O)cc2)cc1. The van der Waals surface area contributed by atoms with Crippen molar-refractivity contribution in [1.82, 2.24) is 0 Å². The number of anilines is 2. The van der Waals surface area contributed by atoms with E-state index in [-0.39, 0.29) is 0 Å². The number of likely N-dealkylation sites (N-methyl/N-ethyl adjacent to an activating group) is 1. The van der Waals surface area contributed by atoms with Gasteiger partial charge in [0.1, 0.15) is 18.7 Å². The Balaban J connectivity index is 1.65. The Morgan fingerprint density at radius 2 is 1.48 bits per heavy atom. The van der Waals surface area contributed by atoms with Gasteiger partial charge in [-0.15, -0.1) is 0 Å². The van der Waals surface area contributed by atoms with E-state index in [1.807, 2.05) is 56.4 Å². The second-order valence-corrected chi connectivity index (χ2v) is 6.68. The molecule has 2 aromatic carbocycles. The maximum absolute atomic E-state index is 10.0. The van der Waals surface area contributed by atoms with E-state index in [1.54, 1.807) is 28.0 Å². The minimum absolute atomic E-state index is 0.640. The molecule has 1 heterocycles. The van der Waals surface area contributed by atoms with E-state index in [2.05, 4.69) is 12.1 Å². The smallest absolute Gasteiger partial charge is 0.148 e. The third kappa shape index (κ3) is 4.39. The molecule has 5 heteroatoms. The van der Waals surface area contributed by atoms with Crippen molar-refractivity contribution >= 4 is 11.4 Å². The summed E-state index contributed by atoms with van der Waals surface area (Å²) in [6.07, 6.45) is 5.26. The van der Waals surface area contributed by atoms with Gasteiger partial charge in [-0.2, -0.15) is 0 Å². The number of nitrogens with zero attached hydrogens (tertiary/aromatic N) is 2. The van der Waals surface area contributed by atoms with Gasteiger partial charge in [0.2, 0.25) is 0 Å². The molecule has 3 N–H and O–H groups in total. The Morgan fingerprint density at radius 3 is 2.00 bits per heavy atom. The number of hydrogen-bond donors (Lipinski definition) is 3. The van der Waals surface area contributed by atoms with Crippen molar-refractivity contribution in [3.8, 4) is 0 Å². The fourth-order valence-electron chi connectivity index (χ4n) is 3.17. The predicted octanol–water partition coefficient (Wildman–Crippen LogP) is 2.62. The van der Waals surface area contributed by atoms with Crippen LogP contribution < -0.4 is 9.80 Å². The van der Waals surface area contributed by atoms with Crippen LogP contribution in [0.15, 0.2) is 72.8 Å². The van der Waals surface area contributed by atoms with E-state index in [1.165, 1.54) is 5.56 Å². The second kappa shape index (κ2) is 8.39. The molecule has 0 radical (unpaired) electrons. The van der Waals surface area contributed by atoms with Gasteiger partial charge >= 0.3 is 0 Å². The Bertz CT molecular complexity index is 787. The van der Waals surface area contributed by atoms with Gasteiger partial charge in [0.05, 0.1) is 0 Å². The van der Waals surface area contributed by atoms with Crippen molar-refractivity contribution in [2.24, 2.45) is 0 Å². The van der Waals surface area contributed by atoms with E-state index in [9.17, 15) is 15.3 Å². The first kappa shape index (κ1) is 19.2. The van der Waals surface area contributed by atoms with Crippen LogP contribution in [0.4, 0.5) is 11.4 Å². The summed E-state index contributed by atoms with van der Waals surface area (Å²) in [5.41, 5.74) is 4.04. The first-order valence-electron chi connectivity index (χ1n) is 9.04. The van der Waals surface area contributed by atoms with E-state index < -0.39 is 18.7 Å². The number of rotatable bonds is 6. The van der Waals surface area contributed by atoms with Crippen LogP contribution in [0, 0.1) is 0 Å². The predicted molar refractivity (Wildman–Crippen MR) is 109 cm³/mol. The molecule has 0 bridgehead atoms. The zero-order valence-electron chi connectivity index (χ0n) is 15.6. The van der Waals surface area contributed by atoms with Crippen molar-refractivity contribution in [1.29, 1.82) is 0 Å². The zero-order chi connectivity index (χ0) is 19.4. The molecule has 0 fully saturated rings. The van der Waals surface area contributed by atoms with Crippen molar-refractivity contribution in [2.75, 3.05) is 16.8 Å². The lowest BCUT2D eigenvalue weighted by Crippen LogP contribution is -2.36. The Kier molecular flexibility index (Phi) is 5.96. The van der Waals surface area contributed by atoms with Gasteiger partial charge < -0.3 is 25.1 Å². The maximum atomic E-state index is 10.0. The van der Waals surface area contributed by atoms with Crippen LogP contribution >= 0.6 is 0 Å². The van der Waals surface area contributed by atoms with Crippen molar-refractivity contribution < 1.29 is 15.3 Å². The normalized spacial score (nSPS) is 20.4. The highest BCUT2D eigenvalue weighted by Crippen LogP contribution is 2.25. The number of aliphatic hydroxyl groups excluding tert-OH is 3. The number of benzene rings is 2. The molecule has 1 aliphatic heterocycles. The van der Waals surface area contributed by atoms with Gasteiger partial charge in [0, 0.05) is 18.4 Å². The first-order valence-corrected chi connectivity index (χ1v) is 9.04. The maximum Gasteiger partial charge on any atom is 0.148 e.